The SMILES string of the molecule is CC(C)c1cc(C(=O)Nc2ccc(C(=O)NC3CC3)cc2)c2ccccc2n1. The van der Waals surface area contributed by atoms with Crippen molar-refractivity contribution in [3.63, 3.8) is 0 Å². The Morgan fingerprint density at radius 3 is 2.39 bits per heavy atom. The van der Waals surface area contributed by atoms with Crippen LogP contribution < -0.4 is 10.6 Å². The molecule has 1 heterocycles. The first-order chi connectivity index (χ1) is 13.5. The van der Waals surface area contributed by atoms with E-state index in [-0.39, 0.29) is 17.7 Å². The number of aromatic nitrogens is 1. The van der Waals surface area contributed by atoms with Gasteiger partial charge in [0, 0.05) is 28.4 Å². The maximum atomic E-state index is 13.0. The predicted molar refractivity (Wildman–Crippen MR) is 111 cm³/mol. The van der Waals surface area contributed by atoms with Gasteiger partial charge in [0.1, 0.15) is 0 Å². The van der Waals surface area contributed by atoms with E-state index in [0.717, 1.165) is 29.4 Å². The quantitative estimate of drug-likeness (QED) is 0.692. The fourth-order valence-corrected chi connectivity index (χ4v) is 3.08. The zero-order valence-corrected chi connectivity index (χ0v) is 16.0. The van der Waals surface area contributed by atoms with E-state index in [0.29, 0.717) is 22.9 Å². The van der Waals surface area contributed by atoms with Gasteiger partial charge in [0.05, 0.1) is 11.1 Å². The Morgan fingerprint density at radius 2 is 1.71 bits per heavy atom. The summed E-state index contributed by atoms with van der Waals surface area (Å²) in [6.45, 7) is 4.12. The van der Waals surface area contributed by atoms with Crippen molar-refractivity contribution in [1.82, 2.24) is 10.3 Å². The number of hydrogen-bond donors (Lipinski definition) is 2. The van der Waals surface area contributed by atoms with Crippen molar-refractivity contribution in [3.8, 4) is 0 Å². The standard InChI is InChI=1S/C23H23N3O2/c1-14(2)21-13-19(18-5-3-4-6-20(18)26-21)23(28)25-16-9-7-15(8-10-16)22(27)24-17-11-12-17/h3-10,13-14,17H,11-12H2,1-2H3,(H,24,27)(H,25,28). The Bertz CT molecular complexity index is 1040. The second-order valence-corrected chi connectivity index (χ2v) is 7.55. The molecule has 0 radical (unpaired) electrons. The number of amides is 2. The van der Waals surface area contributed by atoms with E-state index in [2.05, 4.69) is 29.5 Å². The van der Waals surface area contributed by atoms with Crippen LogP contribution in [-0.4, -0.2) is 22.8 Å². The van der Waals surface area contributed by atoms with Crippen LogP contribution in [0.3, 0.4) is 0 Å². The highest BCUT2D eigenvalue weighted by atomic mass is 16.2. The fourth-order valence-electron chi connectivity index (χ4n) is 3.08. The van der Waals surface area contributed by atoms with Gasteiger partial charge < -0.3 is 10.6 Å². The first kappa shape index (κ1) is 18.2. The van der Waals surface area contributed by atoms with Crippen LogP contribution in [0.2, 0.25) is 0 Å². The molecule has 2 amide bonds. The van der Waals surface area contributed by atoms with Crippen molar-refractivity contribution in [2.45, 2.75) is 38.6 Å². The Hall–Kier alpha value is -3.21. The number of anilines is 1. The van der Waals surface area contributed by atoms with Crippen molar-refractivity contribution < 1.29 is 9.59 Å². The van der Waals surface area contributed by atoms with E-state index in [9.17, 15) is 9.59 Å². The molecule has 5 nitrogen and oxygen atoms in total. The topological polar surface area (TPSA) is 71.1 Å². The van der Waals surface area contributed by atoms with Gasteiger partial charge in [-0.15, -0.1) is 0 Å². The number of carbonyl (C=O) groups is 2. The van der Waals surface area contributed by atoms with Gasteiger partial charge in [-0.2, -0.15) is 0 Å². The van der Waals surface area contributed by atoms with Gasteiger partial charge >= 0.3 is 0 Å². The molecule has 142 valence electrons. The molecule has 4 rings (SSSR count). The van der Waals surface area contributed by atoms with Gasteiger partial charge in [-0.3, -0.25) is 14.6 Å². The third-order valence-corrected chi connectivity index (χ3v) is 4.89. The number of rotatable bonds is 5. The summed E-state index contributed by atoms with van der Waals surface area (Å²) in [5.74, 6) is -0.0295. The molecule has 3 aromatic rings. The minimum absolute atomic E-state index is 0.0675. The summed E-state index contributed by atoms with van der Waals surface area (Å²) in [6.07, 6.45) is 2.11. The van der Waals surface area contributed by atoms with E-state index in [1.54, 1.807) is 24.3 Å². The normalized spacial score (nSPS) is 13.5. The minimum Gasteiger partial charge on any atom is -0.349 e. The third kappa shape index (κ3) is 3.88. The number of nitrogens with one attached hydrogen (secondary N) is 2. The van der Waals surface area contributed by atoms with Crippen LogP contribution in [0.4, 0.5) is 5.69 Å². The maximum absolute atomic E-state index is 13.0. The maximum Gasteiger partial charge on any atom is 0.256 e. The second-order valence-electron chi connectivity index (χ2n) is 7.55. The van der Waals surface area contributed by atoms with E-state index < -0.39 is 0 Å². The minimum atomic E-state index is -0.185. The zero-order valence-electron chi connectivity index (χ0n) is 16.0. The molecule has 0 bridgehead atoms. The molecule has 0 spiro atoms. The Balaban J connectivity index is 1.57. The number of carbonyl (C=O) groups excluding carboxylic acids is 2. The number of hydrogen-bond acceptors (Lipinski definition) is 3. The van der Waals surface area contributed by atoms with Crippen LogP contribution in [0.15, 0.2) is 54.6 Å². The molecule has 0 aliphatic heterocycles. The lowest BCUT2D eigenvalue weighted by Gasteiger charge is -2.12. The second kappa shape index (κ2) is 7.43. The van der Waals surface area contributed by atoms with Gasteiger partial charge in [0.15, 0.2) is 0 Å². The average molecular weight is 373 g/mol. The molecule has 0 unspecified atom stereocenters. The molecule has 1 aliphatic rings. The fraction of sp³-hybridized carbons (Fsp3) is 0.261. The van der Waals surface area contributed by atoms with Crippen LogP contribution in [0, 0.1) is 0 Å². The molecule has 1 aliphatic carbocycles. The third-order valence-electron chi connectivity index (χ3n) is 4.89. The summed E-state index contributed by atoms with van der Waals surface area (Å²) in [6, 6.07) is 16.8. The molecule has 28 heavy (non-hydrogen) atoms. The first-order valence-electron chi connectivity index (χ1n) is 9.63. The van der Waals surface area contributed by atoms with Gasteiger partial charge in [0.25, 0.3) is 11.8 Å². The molecular formula is C23H23N3O2. The van der Waals surface area contributed by atoms with Crippen LogP contribution in [0.1, 0.15) is 59.0 Å². The number of pyridine rings is 1. The van der Waals surface area contributed by atoms with E-state index in [1.807, 2.05) is 30.3 Å². The summed E-state index contributed by atoms with van der Waals surface area (Å²) in [5, 5.41) is 6.72. The summed E-state index contributed by atoms with van der Waals surface area (Å²) in [5.41, 5.74) is 3.55. The molecule has 2 N–H and O–H groups in total. The largest absolute Gasteiger partial charge is 0.349 e. The zero-order chi connectivity index (χ0) is 19.7. The summed E-state index contributed by atoms with van der Waals surface area (Å²) in [4.78, 5) is 29.7. The molecule has 0 atom stereocenters. The molecule has 1 saturated carbocycles. The van der Waals surface area contributed by atoms with Gasteiger partial charge in [-0.05, 0) is 55.2 Å². The van der Waals surface area contributed by atoms with Gasteiger partial charge in [-0.25, -0.2) is 0 Å². The lowest BCUT2D eigenvalue weighted by molar-refractivity contribution is 0.0950. The van der Waals surface area contributed by atoms with Crippen molar-refractivity contribution in [2.75, 3.05) is 5.32 Å². The predicted octanol–water partition coefficient (Wildman–Crippen LogP) is 4.50. The number of para-hydroxylation sites is 1. The lowest BCUT2D eigenvalue weighted by atomic mass is 10.0. The molecule has 0 saturated heterocycles. The van der Waals surface area contributed by atoms with Crippen LogP contribution in [0.25, 0.3) is 10.9 Å². The number of nitrogens with zero attached hydrogens (tertiary/aromatic N) is 1. The summed E-state index contributed by atoms with van der Waals surface area (Å²) < 4.78 is 0. The lowest BCUT2D eigenvalue weighted by Crippen LogP contribution is -2.25. The number of fused-ring (bicyclic) bond motifs is 1. The Morgan fingerprint density at radius 1 is 1.00 bits per heavy atom. The molecule has 5 heteroatoms. The summed E-state index contributed by atoms with van der Waals surface area (Å²) >= 11 is 0. The monoisotopic (exact) mass is 373 g/mol. The first-order valence-corrected chi connectivity index (χ1v) is 9.63. The van der Waals surface area contributed by atoms with E-state index in [1.165, 1.54) is 0 Å². The molecule has 1 fully saturated rings. The highest BCUT2D eigenvalue weighted by molar-refractivity contribution is 6.12. The van der Waals surface area contributed by atoms with Crippen LogP contribution in [0.5, 0.6) is 0 Å². The average Bonchev–Trinajstić information content (AvgIpc) is 3.51. The van der Waals surface area contributed by atoms with Crippen LogP contribution in [-0.2, 0) is 0 Å². The van der Waals surface area contributed by atoms with Gasteiger partial charge in [-0.1, -0.05) is 32.0 Å². The summed E-state index contributed by atoms with van der Waals surface area (Å²) in [7, 11) is 0. The highest BCUT2D eigenvalue weighted by Crippen LogP contribution is 2.24. The van der Waals surface area contributed by atoms with Crippen molar-refractivity contribution in [1.29, 1.82) is 0 Å². The van der Waals surface area contributed by atoms with Crippen molar-refractivity contribution in [3.05, 3.63) is 71.4 Å². The van der Waals surface area contributed by atoms with Crippen molar-refractivity contribution in [2.24, 2.45) is 0 Å². The van der Waals surface area contributed by atoms with Crippen LogP contribution >= 0.6 is 0 Å². The molecular weight excluding hydrogens is 350 g/mol. The van der Waals surface area contributed by atoms with E-state index >= 15 is 0 Å². The smallest absolute Gasteiger partial charge is 0.256 e. The van der Waals surface area contributed by atoms with E-state index in [4.69, 9.17) is 0 Å². The molecule has 1 aromatic heterocycles. The molecule has 2 aromatic carbocycles. The van der Waals surface area contributed by atoms with Crippen molar-refractivity contribution >= 4 is 28.4 Å². The highest BCUT2D eigenvalue weighted by Gasteiger charge is 2.23. The Labute approximate surface area is 164 Å². The Kier molecular flexibility index (Phi) is 4.82. The number of benzene rings is 2. The van der Waals surface area contributed by atoms with Gasteiger partial charge in [0.2, 0.25) is 0 Å².